The number of carbonyl (C=O) groups is 1. The molecule has 4 aliphatic rings. The van der Waals surface area contributed by atoms with Gasteiger partial charge in [0.05, 0.1) is 12.2 Å². The maximum atomic E-state index is 12.6. The Morgan fingerprint density at radius 3 is 2.36 bits per heavy atom. The predicted octanol–water partition coefficient (Wildman–Crippen LogP) is 2.54. The van der Waals surface area contributed by atoms with E-state index in [-0.39, 0.29) is 22.7 Å². The lowest BCUT2D eigenvalue weighted by Crippen LogP contribution is -2.61. The summed E-state index contributed by atoms with van der Waals surface area (Å²) < 4.78 is 0. The summed E-state index contributed by atoms with van der Waals surface area (Å²) in [5.74, 6) is 2.17. The van der Waals surface area contributed by atoms with Crippen LogP contribution < -0.4 is 0 Å². The number of rotatable bonds is 1. The highest BCUT2D eigenvalue weighted by molar-refractivity contribution is 5.84. The van der Waals surface area contributed by atoms with E-state index >= 15 is 0 Å². The topological polar surface area (TPSA) is 77.8 Å². The SMILES string of the molecule is CC[C@H]1C(=O)C[C@H]2[C@@H]3CCC4[C@@H](O)[C@H](O)[C@H](O)C[C@]4(C)[C@H]3CC[C@]12C. The van der Waals surface area contributed by atoms with Gasteiger partial charge in [-0.25, -0.2) is 0 Å². The van der Waals surface area contributed by atoms with Crippen molar-refractivity contribution in [1.29, 1.82) is 0 Å². The van der Waals surface area contributed by atoms with E-state index < -0.39 is 18.3 Å². The maximum Gasteiger partial charge on any atom is 0.136 e. The lowest BCUT2D eigenvalue weighted by Gasteiger charge is -2.62. The molecule has 4 aliphatic carbocycles. The molecule has 3 N–H and O–H groups in total. The van der Waals surface area contributed by atoms with Crippen LogP contribution in [0.3, 0.4) is 0 Å². The summed E-state index contributed by atoms with van der Waals surface area (Å²) in [6.45, 7) is 6.72. The van der Waals surface area contributed by atoms with Gasteiger partial charge in [-0.15, -0.1) is 0 Å². The molecular weight excluding hydrogens is 316 g/mol. The Morgan fingerprint density at radius 2 is 1.68 bits per heavy atom. The van der Waals surface area contributed by atoms with Crippen molar-refractivity contribution in [3.05, 3.63) is 0 Å². The van der Waals surface area contributed by atoms with Gasteiger partial charge in [0.1, 0.15) is 11.9 Å². The Kier molecular flexibility index (Phi) is 4.14. The first-order valence-electron chi connectivity index (χ1n) is 10.3. The molecule has 0 heterocycles. The third kappa shape index (κ3) is 2.26. The minimum atomic E-state index is -1.01. The van der Waals surface area contributed by atoms with Crippen LogP contribution in [0.2, 0.25) is 0 Å². The molecule has 142 valence electrons. The highest BCUT2D eigenvalue weighted by Gasteiger charge is 2.63. The zero-order valence-electron chi connectivity index (χ0n) is 15.8. The molecule has 0 saturated heterocycles. The molecule has 4 heteroatoms. The summed E-state index contributed by atoms with van der Waals surface area (Å²) in [7, 11) is 0. The molecular formula is C21H34O4. The molecule has 0 aromatic heterocycles. The fraction of sp³-hybridized carbons (Fsp3) is 0.952. The first-order chi connectivity index (χ1) is 11.7. The van der Waals surface area contributed by atoms with Crippen molar-refractivity contribution in [2.75, 3.05) is 0 Å². The van der Waals surface area contributed by atoms with Gasteiger partial charge in [0, 0.05) is 12.3 Å². The molecule has 0 amide bonds. The molecule has 0 aromatic rings. The molecule has 25 heavy (non-hydrogen) atoms. The minimum Gasteiger partial charge on any atom is -0.390 e. The van der Waals surface area contributed by atoms with Gasteiger partial charge >= 0.3 is 0 Å². The number of aliphatic hydroxyl groups is 3. The van der Waals surface area contributed by atoms with Crippen LogP contribution >= 0.6 is 0 Å². The Morgan fingerprint density at radius 1 is 0.960 bits per heavy atom. The van der Waals surface area contributed by atoms with Crippen LogP contribution in [-0.4, -0.2) is 39.4 Å². The number of Topliss-reactive ketones (excluding diaryl/α,β-unsaturated/α-hetero) is 1. The van der Waals surface area contributed by atoms with Gasteiger partial charge in [-0.1, -0.05) is 20.8 Å². The van der Waals surface area contributed by atoms with Gasteiger partial charge in [0.25, 0.3) is 0 Å². The molecule has 4 saturated carbocycles. The van der Waals surface area contributed by atoms with E-state index in [1.165, 1.54) is 0 Å². The fourth-order valence-corrected chi connectivity index (χ4v) is 7.97. The summed E-state index contributed by atoms with van der Waals surface area (Å²) in [5, 5.41) is 31.1. The van der Waals surface area contributed by atoms with Gasteiger partial charge in [0.2, 0.25) is 0 Å². The molecule has 10 atom stereocenters. The number of ketones is 1. The van der Waals surface area contributed by atoms with E-state index in [0.717, 1.165) is 38.5 Å². The molecule has 4 rings (SSSR count). The Balaban J connectivity index is 1.66. The van der Waals surface area contributed by atoms with Crippen molar-refractivity contribution in [2.24, 2.45) is 40.4 Å². The van der Waals surface area contributed by atoms with E-state index in [2.05, 4.69) is 20.8 Å². The number of aliphatic hydroxyl groups excluding tert-OH is 3. The van der Waals surface area contributed by atoms with E-state index in [9.17, 15) is 20.1 Å². The molecule has 0 aromatic carbocycles. The zero-order valence-corrected chi connectivity index (χ0v) is 15.8. The molecule has 0 radical (unpaired) electrons. The van der Waals surface area contributed by atoms with Crippen LogP contribution in [0.1, 0.15) is 65.7 Å². The smallest absolute Gasteiger partial charge is 0.136 e. The standard InChI is InChI=1S/C21H34O4/c1-4-12-16(22)9-15-11-5-6-14-18(24)19(25)17(23)10-21(14,3)13(11)7-8-20(12,15)2/h11-15,17-19,23-25H,4-10H2,1-3H3/t11-,12+,13+,14?,15+,17-,18-,19-,20-,21-/m1/s1. The highest BCUT2D eigenvalue weighted by Crippen LogP contribution is 2.67. The van der Waals surface area contributed by atoms with Crippen LogP contribution in [0.5, 0.6) is 0 Å². The molecule has 1 unspecified atom stereocenters. The number of fused-ring (bicyclic) bond motifs is 5. The molecule has 4 fully saturated rings. The van der Waals surface area contributed by atoms with Gasteiger partial charge in [-0.3, -0.25) is 4.79 Å². The highest BCUT2D eigenvalue weighted by atomic mass is 16.4. The largest absolute Gasteiger partial charge is 0.390 e. The first-order valence-corrected chi connectivity index (χ1v) is 10.3. The summed E-state index contributed by atoms with van der Waals surface area (Å²) in [6, 6.07) is 0. The Labute approximate surface area is 151 Å². The normalized spacial score (nSPS) is 58.4. The lowest BCUT2D eigenvalue weighted by atomic mass is 9.44. The van der Waals surface area contributed by atoms with Crippen LogP contribution in [0.4, 0.5) is 0 Å². The van der Waals surface area contributed by atoms with Gasteiger partial charge in [-0.05, 0) is 73.0 Å². The zero-order chi connectivity index (χ0) is 18.1. The van der Waals surface area contributed by atoms with Crippen molar-refractivity contribution in [3.63, 3.8) is 0 Å². The Bertz CT molecular complexity index is 562. The summed E-state index contributed by atoms with van der Waals surface area (Å²) in [6.07, 6.45) is 3.71. The molecule has 0 aliphatic heterocycles. The van der Waals surface area contributed by atoms with E-state index in [1.807, 2.05) is 0 Å². The second-order valence-electron chi connectivity index (χ2n) is 9.99. The van der Waals surface area contributed by atoms with E-state index in [0.29, 0.717) is 30.0 Å². The molecule has 4 nitrogen and oxygen atoms in total. The summed E-state index contributed by atoms with van der Waals surface area (Å²) in [4.78, 5) is 12.6. The van der Waals surface area contributed by atoms with E-state index in [4.69, 9.17) is 0 Å². The fourth-order valence-electron chi connectivity index (χ4n) is 7.97. The van der Waals surface area contributed by atoms with Crippen molar-refractivity contribution >= 4 is 5.78 Å². The average molecular weight is 350 g/mol. The maximum absolute atomic E-state index is 12.6. The monoisotopic (exact) mass is 350 g/mol. The molecule has 0 spiro atoms. The van der Waals surface area contributed by atoms with Crippen molar-refractivity contribution < 1.29 is 20.1 Å². The van der Waals surface area contributed by atoms with Crippen molar-refractivity contribution in [2.45, 2.75) is 84.0 Å². The van der Waals surface area contributed by atoms with Crippen LogP contribution in [0.15, 0.2) is 0 Å². The van der Waals surface area contributed by atoms with Crippen molar-refractivity contribution in [1.82, 2.24) is 0 Å². The summed E-state index contributed by atoms with van der Waals surface area (Å²) >= 11 is 0. The Hall–Kier alpha value is -0.450. The van der Waals surface area contributed by atoms with Gasteiger partial charge in [0.15, 0.2) is 0 Å². The molecule has 0 bridgehead atoms. The first kappa shape index (κ1) is 17.9. The third-order valence-electron chi connectivity index (χ3n) is 9.20. The van der Waals surface area contributed by atoms with Crippen molar-refractivity contribution in [3.8, 4) is 0 Å². The van der Waals surface area contributed by atoms with Gasteiger partial charge in [-0.2, -0.15) is 0 Å². The average Bonchev–Trinajstić information content (AvgIpc) is 2.82. The lowest BCUT2D eigenvalue weighted by molar-refractivity contribution is -0.207. The number of hydrogen-bond donors (Lipinski definition) is 3. The van der Waals surface area contributed by atoms with E-state index in [1.54, 1.807) is 0 Å². The third-order valence-corrected chi connectivity index (χ3v) is 9.20. The van der Waals surface area contributed by atoms with Crippen LogP contribution in [0.25, 0.3) is 0 Å². The van der Waals surface area contributed by atoms with Gasteiger partial charge < -0.3 is 15.3 Å². The summed E-state index contributed by atoms with van der Waals surface area (Å²) in [5.41, 5.74) is 0.0112. The quantitative estimate of drug-likeness (QED) is 0.679. The number of carbonyl (C=O) groups excluding carboxylic acids is 1. The number of hydrogen-bond acceptors (Lipinski definition) is 4. The minimum absolute atomic E-state index is 0.0654. The van der Waals surface area contributed by atoms with Crippen LogP contribution in [-0.2, 0) is 4.79 Å². The predicted molar refractivity (Wildman–Crippen MR) is 94.7 cm³/mol. The second-order valence-corrected chi connectivity index (χ2v) is 9.99. The van der Waals surface area contributed by atoms with Crippen LogP contribution in [0, 0.1) is 40.4 Å². The second kappa shape index (κ2) is 5.77.